The van der Waals surface area contributed by atoms with Gasteiger partial charge in [-0.2, -0.15) is 0 Å². The highest BCUT2D eigenvalue weighted by molar-refractivity contribution is 7.09. The molecule has 0 spiro atoms. The van der Waals surface area contributed by atoms with Crippen molar-refractivity contribution in [2.24, 2.45) is 5.92 Å². The fraction of sp³-hybridized carbons (Fsp3) is 0.435. The molecule has 1 aromatic carbocycles. The van der Waals surface area contributed by atoms with Crippen LogP contribution in [-0.2, 0) is 13.1 Å². The minimum absolute atomic E-state index is 0.00198. The molecule has 6 heteroatoms. The lowest BCUT2D eigenvalue weighted by Gasteiger charge is -2.31. The second-order valence-electron chi connectivity index (χ2n) is 8.06. The van der Waals surface area contributed by atoms with E-state index in [2.05, 4.69) is 38.4 Å². The third-order valence-electron chi connectivity index (χ3n) is 6.13. The highest BCUT2D eigenvalue weighted by atomic mass is 32.1. The Bertz CT molecular complexity index is 987. The van der Waals surface area contributed by atoms with E-state index >= 15 is 0 Å². The van der Waals surface area contributed by atoms with Gasteiger partial charge in [0.05, 0.1) is 12.1 Å². The molecule has 3 aromatic rings. The van der Waals surface area contributed by atoms with Crippen LogP contribution in [0.15, 0.2) is 41.8 Å². The van der Waals surface area contributed by atoms with Crippen LogP contribution in [0.25, 0.3) is 10.9 Å². The summed E-state index contributed by atoms with van der Waals surface area (Å²) in [6.45, 7) is 5.59. The van der Waals surface area contributed by atoms with Gasteiger partial charge in [-0.1, -0.05) is 24.3 Å². The quantitative estimate of drug-likeness (QED) is 0.689. The van der Waals surface area contributed by atoms with E-state index in [1.165, 1.54) is 4.88 Å². The number of benzene rings is 1. The molecule has 0 radical (unpaired) electrons. The van der Waals surface area contributed by atoms with Gasteiger partial charge in [-0.25, -0.2) is 0 Å². The molecule has 2 aromatic heterocycles. The molecule has 0 atom stereocenters. The molecule has 152 valence electrons. The van der Waals surface area contributed by atoms with Crippen LogP contribution in [-0.4, -0.2) is 41.6 Å². The number of para-hydroxylation sites is 1. The van der Waals surface area contributed by atoms with Gasteiger partial charge in [0.25, 0.3) is 5.91 Å². The van der Waals surface area contributed by atoms with Gasteiger partial charge in [-0.3, -0.25) is 9.69 Å². The van der Waals surface area contributed by atoms with E-state index in [1.54, 1.807) is 0 Å². The first-order valence-corrected chi connectivity index (χ1v) is 11.4. The zero-order valence-electron chi connectivity index (χ0n) is 16.6. The van der Waals surface area contributed by atoms with Crippen molar-refractivity contribution in [2.75, 3.05) is 26.2 Å². The highest BCUT2D eigenvalue weighted by Gasteiger charge is 2.27. The number of aryl methyl sites for hydroxylation is 1. The molecule has 1 amide bonds. The summed E-state index contributed by atoms with van der Waals surface area (Å²) in [5.74, 6) is 1.28. The molecule has 0 unspecified atom stereocenters. The average molecular weight is 410 g/mol. The van der Waals surface area contributed by atoms with Crippen LogP contribution >= 0.6 is 11.3 Å². The maximum Gasteiger partial charge on any atom is 0.257 e. The van der Waals surface area contributed by atoms with Crippen molar-refractivity contribution in [3.8, 4) is 5.88 Å². The fourth-order valence-corrected chi connectivity index (χ4v) is 5.31. The zero-order chi connectivity index (χ0) is 19.6. The summed E-state index contributed by atoms with van der Waals surface area (Å²) in [5, 5.41) is 6.35. The number of likely N-dealkylation sites (tertiary alicyclic amines) is 1. The van der Waals surface area contributed by atoms with Crippen molar-refractivity contribution >= 4 is 28.1 Å². The largest absolute Gasteiger partial charge is 0.478 e. The standard InChI is InChI=1S/C23H27N3O2S/c27-22(21-19-6-1-2-7-20(19)26-10-4-13-28-23(21)26)24-15-17-8-11-25(12-9-17)16-18-5-3-14-29-18/h1-3,5-7,14,17H,4,8-13,15-16H2,(H,24,27). The van der Waals surface area contributed by atoms with E-state index < -0.39 is 0 Å². The molecular formula is C23H27N3O2S. The Labute approximate surface area is 175 Å². The summed E-state index contributed by atoms with van der Waals surface area (Å²) >= 11 is 1.83. The molecule has 0 bridgehead atoms. The Morgan fingerprint density at radius 1 is 1.14 bits per heavy atom. The molecule has 29 heavy (non-hydrogen) atoms. The number of amides is 1. The topological polar surface area (TPSA) is 46.5 Å². The minimum atomic E-state index is -0.00198. The van der Waals surface area contributed by atoms with Crippen LogP contribution in [0, 0.1) is 5.92 Å². The molecule has 0 saturated carbocycles. The second-order valence-corrected chi connectivity index (χ2v) is 9.09. The van der Waals surface area contributed by atoms with Crippen LogP contribution in [0.3, 0.4) is 0 Å². The lowest BCUT2D eigenvalue weighted by Crippen LogP contribution is -2.38. The number of rotatable bonds is 5. The number of hydrogen-bond acceptors (Lipinski definition) is 4. The lowest BCUT2D eigenvalue weighted by atomic mass is 9.96. The number of nitrogens with zero attached hydrogens (tertiary/aromatic N) is 2. The van der Waals surface area contributed by atoms with E-state index in [1.807, 2.05) is 29.5 Å². The maximum atomic E-state index is 13.1. The van der Waals surface area contributed by atoms with Gasteiger partial charge in [-0.05, 0) is 55.8 Å². The summed E-state index contributed by atoms with van der Waals surface area (Å²) in [7, 11) is 0. The summed E-state index contributed by atoms with van der Waals surface area (Å²) in [5.41, 5.74) is 1.80. The Balaban J connectivity index is 1.22. The second kappa shape index (κ2) is 8.20. The van der Waals surface area contributed by atoms with Crippen LogP contribution in [0.2, 0.25) is 0 Å². The van der Waals surface area contributed by atoms with E-state index in [9.17, 15) is 4.79 Å². The first-order chi connectivity index (χ1) is 14.3. The van der Waals surface area contributed by atoms with Gasteiger partial charge >= 0.3 is 0 Å². The molecular weight excluding hydrogens is 382 g/mol. The molecule has 2 aliphatic rings. The zero-order valence-corrected chi connectivity index (χ0v) is 17.4. The maximum absolute atomic E-state index is 13.1. The highest BCUT2D eigenvalue weighted by Crippen LogP contribution is 2.34. The number of carbonyl (C=O) groups excluding carboxylic acids is 1. The Kier molecular flexibility index (Phi) is 5.29. The molecule has 5 nitrogen and oxygen atoms in total. The third-order valence-corrected chi connectivity index (χ3v) is 6.99. The van der Waals surface area contributed by atoms with E-state index in [0.29, 0.717) is 18.1 Å². The Morgan fingerprint density at radius 3 is 2.83 bits per heavy atom. The number of piperidine rings is 1. The molecule has 1 fully saturated rings. The molecule has 4 heterocycles. The van der Waals surface area contributed by atoms with Crippen LogP contribution < -0.4 is 10.1 Å². The van der Waals surface area contributed by atoms with Gasteiger partial charge < -0.3 is 14.6 Å². The predicted molar refractivity (Wildman–Crippen MR) is 117 cm³/mol. The number of nitrogens with one attached hydrogen (secondary N) is 1. The number of carbonyl (C=O) groups is 1. The van der Waals surface area contributed by atoms with Gasteiger partial charge in [0.2, 0.25) is 5.88 Å². The number of fused-ring (bicyclic) bond motifs is 3. The van der Waals surface area contributed by atoms with Crippen LogP contribution in [0.1, 0.15) is 34.5 Å². The van der Waals surface area contributed by atoms with Crippen molar-refractivity contribution < 1.29 is 9.53 Å². The van der Waals surface area contributed by atoms with Crippen molar-refractivity contribution in [3.63, 3.8) is 0 Å². The van der Waals surface area contributed by atoms with Crippen LogP contribution in [0.5, 0.6) is 5.88 Å². The molecule has 5 rings (SSSR count). The number of hydrogen-bond donors (Lipinski definition) is 1. The summed E-state index contributed by atoms with van der Waals surface area (Å²) in [6, 6.07) is 12.5. The summed E-state index contributed by atoms with van der Waals surface area (Å²) in [6.07, 6.45) is 3.25. The van der Waals surface area contributed by atoms with Crippen molar-refractivity contribution in [2.45, 2.75) is 32.4 Å². The van der Waals surface area contributed by atoms with Crippen molar-refractivity contribution in [1.29, 1.82) is 0 Å². The summed E-state index contributed by atoms with van der Waals surface area (Å²) < 4.78 is 8.06. The lowest BCUT2D eigenvalue weighted by molar-refractivity contribution is 0.0930. The Hall–Kier alpha value is -2.31. The normalized spacial score (nSPS) is 17.8. The average Bonchev–Trinajstić information content (AvgIpc) is 3.39. The number of ether oxygens (including phenoxy) is 1. The summed E-state index contributed by atoms with van der Waals surface area (Å²) in [4.78, 5) is 17.1. The van der Waals surface area contributed by atoms with Gasteiger partial charge in [0.15, 0.2) is 0 Å². The van der Waals surface area contributed by atoms with Crippen LogP contribution in [0.4, 0.5) is 0 Å². The first kappa shape index (κ1) is 18.7. The van der Waals surface area contributed by atoms with E-state index in [4.69, 9.17) is 4.74 Å². The Morgan fingerprint density at radius 2 is 2.00 bits per heavy atom. The first-order valence-electron chi connectivity index (χ1n) is 10.6. The molecule has 2 aliphatic heterocycles. The van der Waals surface area contributed by atoms with Gasteiger partial charge in [0, 0.05) is 29.9 Å². The van der Waals surface area contributed by atoms with Crippen molar-refractivity contribution in [1.82, 2.24) is 14.8 Å². The van der Waals surface area contributed by atoms with Gasteiger partial charge in [-0.15, -0.1) is 11.3 Å². The third kappa shape index (κ3) is 3.79. The monoisotopic (exact) mass is 409 g/mol. The van der Waals surface area contributed by atoms with Gasteiger partial charge in [0.1, 0.15) is 5.56 Å². The molecule has 1 N–H and O–H groups in total. The van der Waals surface area contributed by atoms with Crippen molar-refractivity contribution in [3.05, 3.63) is 52.2 Å². The SMILES string of the molecule is O=C(NCC1CCN(Cc2cccs2)CC1)c1c2n(c3ccccc13)CCCO2. The molecule has 1 saturated heterocycles. The number of aromatic nitrogens is 1. The number of thiophene rings is 1. The molecule has 0 aliphatic carbocycles. The van der Waals surface area contributed by atoms with E-state index in [-0.39, 0.29) is 5.91 Å². The smallest absolute Gasteiger partial charge is 0.257 e. The minimum Gasteiger partial charge on any atom is -0.478 e. The van der Waals surface area contributed by atoms with E-state index in [0.717, 1.165) is 68.8 Å². The predicted octanol–water partition coefficient (Wildman–Crippen LogP) is 4.13. The fourth-order valence-electron chi connectivity index (χ4n) is 4.56.